The van der Waals surface area contributed by atoms with Crippen molar-refractivity contribution in [3.05, 3.63) is 0 Å². The van der Waals surface area contributed by atoms with Gasteiger partial charge in [-0.05, 0) is 76.9 Å². The lowest BCUT2D eigenvalue weighted by molar-refractivity contribution is 0.0566. The third-order valence-corrected chi connectivity index (χ3v) is 5.97. The first-order valence-electron chi connectivity index (χ1n) is 9.21. The molecule has 0 aromatic heterocycles. The number of nitrogens with one attached hydrogen (secondary N) is 1. The van der Waals surface area contributed by atoms with Crippen molar-refractivity contribution in [3.8, 4) is 0 Å². The smallest absolute Gasteiger partial charge is 0.0541 e. The number of hydrogen-bond donors (Lipinski definition) is 2. The Kier molecular flexibility index (Phi) is 6.97. The normalized spacial score (nSPS) is 34.0. The number of likely N-dealkylation sites (tertiary alicyclic amines) is 1. The van der Waals surface area contributed by atoms with Crippen molar-refractivity contribution >= 4 is 0 Å². The van der Waals surface area contributed by atoms with E-state index in [2.05, 4.69) is 24.2 Å². The number of piperidine rings is 1. The first kappa shape index (κ1) is 17.2. The van der Waals surface area contributed by atoms with Gasteiger partial charge in [0.2, 0.25) is 0 Å². The topological polar surface area (TPSA) is 35.5 Å². The van der Waals surface area contributed by atoms with Crippen LogP contribution in [0.4, 0.5) is 0 Å². The van der Waals surface area contributed by atoms with Crippen LogP contribution in [0, 0.1) is 17.8 Å². The van der Waals surface area contributed by atoms with Gasteiger partial charge in [0.05, 0.1) is 6.10 Å². The van der Waals surface area contributed by atoms with Crippen molar-refractivity contribution in [2.45, 2.75) is 70.9 Å². The Bertz CT molecular complexity index is 287. The fourth-order valence-electron chi connectivity index (χ4n) is 4.56. The molecule has 1 saturated heterocycles. The molecule has 4 atom stereocenters. The van der Waals surface area contributed by atoms with E-state index in [4.69, 9.17) is 0 Å². The lowest BCUT2D eigenvalue weighted by Gasteiger charge is -2.41. The molecule has 0 bridgehead atoms. The number of rotatable bonds is 6. The molecule has 2 rings (SSSR count). The minimum absolute atomic E-state index is 0.124. The van der Waals surface area contributed by atoms with Crippen molar-refractivity contribution in [2.75, 3.05) is 26.7 Å². The van der Waals surface area contributed by atoms with Gasteiger partial charge in [0, 0.05) is 12.6 Å². The molecule has 1 aliphatic carbocycles. The van der Waals surface area contributed by atoms with E-state index in [1.807, 2.05) is 6.92 Å². The van der Waals surface area contributed by atoms with Gasteiger partial charge in [0.15, 0.2) is 0 Å². The molecule has 0 amide bonds. The average Bonchev–Trinajstić information content (AvgIpc) is 2.48. The van der Waals surface area contributed by atoms with Gasteiger partial charge in [-0.3, -0.25) is 0 Å². The SMILES string of the molecule is CCCC1CCC(NC)C(CN2CCC(C(C)O)CC2)C1. The maximum atomic E-state index is 9.73. The van der Waals surface area contributed by atoms with Crippen LogP contribution in [0.25, 0.3) is 0 Å². The van der Waals surface area contributed by atoms with Gasteiger partial charge < -0.3 is 15.3 Å². The lowest BCUT2D eigenvalue weighted by atomic mass is 9.76. The van der Waals surface area contributed by atoms with Crippen LogP contribution in [0.15, 0.2) is 0 Å². The van der Waals surface area contributed by atoms with Gasteiger partial charge >= 0.3 is 0 Å². The van der Waals surface area contributed by atoms with Gasteiger partial charge in [-0.2, -0.15) is 0 Å². The highest BCUT2D eigenvalue weighted by atomic mass is 16.3. The molecule has 1 saturated carbocycles. The van der Waals surface area contributed by atoms with Crippen LogP contribution in [0.2, 0.25) is 0 Å². The number of nitrogens with zero attached hydrogens (tertiary/aromatic N) is 1. The summed E-state index contributed by atoms with van der Waals surface area (Å²) in [5, 5.41) is 13.3. The number of aliphatic hydroxyl groups excluding tert-OH is 1. The third-order valence-electron chi connectivity index (χ3n) is 5.97. The molecule has 21 heavy (non-hydrogen) atoms. The standard InChI is InChI=1S/C18H36N2O/c1-4-5-15-6-7-18(19-3)17(12-15)13-20-10-8-16(9-11-20)14(2)21/h14-19,21H,4-13H2,1-3H3. The predicted octanol–water partition coefficient (Wildman–Crippen LogP) is 2.88. The van der Waals surface area contributed by atoms with E-state index < -0.39 is 0 Å². The van der Waals surface area contributed by atoms with Crippen molar-refractivity contribution in [1.82, 2.24) is 10.2 Å². The van der Waals surface area contributed by atoms with E-state index in [9.17, 15) is 5.11 Å². The fraction of sp³-hybridized carbons (Fsp3) is 1.00. The summed E-state index contributed by atoms with van der Waals surface area (Å²) in [6, 6.07) is 0.715. The van der Waals surface area contributed by atoms with Crippen molar-refractivity contribution in [3.63, 3.8) is 0 Å². The first-order chi connectivity index (χ1) is 10.1. The Morgan fingerprint density at radius 1 is 1.19 bits per heavy atom. The summed E-state index contributed by atoms with van der Waals surface area (Å²) < 4.78 is 0. The Balaban J connectivity index is 1.82. The van der Waals surface area contributed by atoms with Crippen LogP contribution >= 0.6 is 0 Å². The summed E-state index contributed by atoms with van der Waals surface area (Å²) in [5.74, 6) is 2.31. The summed E-state index contributed by atoms with van der Waals surface area (Å²) in [4.78, 5) is 2.65. The summed E-state index contributed by atoms with van der Waals surface area (Å²) >= 11 is 0. The first-order valence-corrected chi connectivity index (χ1v) is 9.21. The van der Waals surface area contributed by atoms with Crippen molar-refractivity contribution in [2.24, 2.45) is 17.8 Å². The van der Waals surface area contributed by atoms with Crippen LogP contribution in [0.3, 0.4) is 0 Å². The third kappa shape index (κ3) is 4.94. The Morgan fingerprint density at radius 2 is 1.90 bits per heavy atom. The molecular formula is C18H36N2O. The molecule has 0 spiro atoms. The van der Waals surface area contributed by atoms with Crippen molar-refractivity contribution in [1.29, 1.82) is 0 Å². The number of aliphatic hydroxyl groups is 1. The highest BCUT2D eigenvalue weighted by Gasteiger charge is 2.31. The predicted molar refractivity (Wildman–Crippen MR) is 89.4 cm³/mol. The van der Waals surface area contributed by atoms with Crippen LogP contribution in [0.5, 0.6) is 0 Å². The molecule has 3 heteroatoms. The second-order valence-electron chi connectivity index (χ2n) is 7.50. The molecule has 0 aromatic rings. The zero-order valence-corrected chi connectivity index (χ0v) is 14.4. The quantitative estimate of drug-likeness (QED) is 0.791. The van der Waals surface area contributed by atoms with E-state index >= 15 is 0 Å². The molecule has 0 aromatic carbocycles. The molecule has 1 aliphatic heterocycles. The molecule has 2 aliphatic rings. The van der Waals surface area contributed by atoms with E-state index in [0.29, 0.717) is 12.0 Å². The lowest BCUT2D eigenvalue weighted by Crippen LogP contribution is -2.47. The summed E-state index contributed by atoms with van der Waals surface area (Å²) in [7, 11) is 2.14. The second kappa shape index (κ2) is 8.50. The molecular weight excluding hydrogens is 260 g/mol. The van der Waals surface area contributed by atoms with Gasteiger partial charge in [-0.25, -0.2) is 0 Å². The van der Waals surface area contributed by atoms with E-state index in [-0.39, 0.29) is 6.10 Å². The average molecular weight is 296 g/mol. The Labute approximate surface area is 131 Å². The second-order valence-corrected chi connectivity index (χ2v) is 7.50. The molecule has 1 heterocycles. The zero-order valence-electron chi connectivity index (χ0n) is 14.4. The van der Waals surface area contributed by atoms with Gasteiger partial charge in [-0.1, -0.05) is 19.8 Å². The maximum Gasteiger partial charge on any atom is 0.0541 e. The van der Waals surface area contributed by atoms with Crippen LogP contribution in [-0.2, 0) is 0 Å². The molecule has 4 unspecified atom stereocenters. The highest BCUT2D eigenvalue weighted by molar-refractivity contribution is 4.87. The summed E-state index contributed by atoms with van der Waals surface area (Å²) in [6.45, 7) is 7.90. The molecule has 3 nitrogen and oxygen atoms in total. The molecule has 0 radical (unpaired) electrons. The van der Waals surface area contributed by atoms with E-state index in [1.54, 1.807) is 0 Å². The van der Waals surface area contributed by atoms with Crippen LogP contribution in [-0.4, -0.2) is 48.8 Å². The highest BCUT2D eigenvalue weighted by Crippen LogP contribution is 2.33. The van der Waals surface area contributed by atoms with E-state index in [1.165, 1.54) is 64.6 Å². The number of hydrogen-bond acceptors (Lipinski definition) is 3. The molecule has 2 fully saturated rings. The minimum atomic E-state index is -0.124. The fourth-order valence-corrected chi connectivity index (χ4v) is 4.56. The monoisotopic (exact) mass is 296 g/mol. The van der Waals surface area contributed by atoms with Gasteiger partial charge in [-0.15, -0.1) is 0 Å². The largest absolute Gasteiger partial charge is 0.393 e. The van der Waals surface area contributed by atoms with Crippen molar-refractivity contribution < 1.29 is 5.11 Å². The Morgan fingerprint density at radius 3 is 2.48 bits per heavy atom. The summed E-state index contributed by atoms with van der Waals surface area (Å²) in [6.07, 6.45) is 9.16. The molecule has 124 valence electrons. The van der Waals surface area contributed by atoms with Gasteiger partial charge in [0.25, 0.3) is 0 Å². The zero-order chi connectivity index (χ0) is 15.2. The van der Waals surface area contributed by atoms with Crippen LogP contribution in [0.1, 0.15) is 58.8 Å². The summed E-state index contributed by atoms with van der Waals surface area (Å²) in [5.41, 5.74) is 0. The van der Waals surface area contributed by atoms with E-state index in [0.717, 1.165) is 11.8 Å². The Hall–Kier alpha value is -0.120. The maximum absolute atomic E-state index is 9.73. The minimum Gasteiger partial charge on any atom is -0.393 e. The molecule has 2 N–H and O–H groups in total. The van der Waals surface area contributed by atoms with Gasteiger partial charge in [0.1, 0.15) is 0 Å². The van der Waals surface area contributed by atoms with Crippen LogP contribution < -0.4 is 5.32 Å².